The van der Waals surface area contributed by atoms with Crippen LogP contribution in [0.3, 0.4) is 0 Å². The molecule has 80 valence electrons. The summed E-state index contributed by atoms with van der Waals surface area (Å²) in [5.74, 6) is 0. The van der Waals surface area contributed by atoms with Crippen molar-refractivity contribution < 1.29 is 0 Å². The second kappa shape index (κ2) is 4.67. The number of nitrogens with two attached hydrogens (primary N) is 1. The van der Waals surface area contributed by atoms with Crippen molar-refractivity contribution in [3.8, 4) is 11.1 Å². The molecule has 0 atom stereocenters. The molecule has 0 aliphatic heterocycles. The molecule has 2 rings (SSSR count). The van der Waals surface area contributed by atoms with Gasteiger partial charge in [0.1, 0.15) is 6.33 Å². The average molecular weight is 230 g/mol. The van der Waals surface area contributed by atoms with Crippen LogP contribution in [0, 0.1) is 0 Å². The van der Waals surface area contributed by atoms with Gasteiger partial charge in [-0.25, -0.2) is 9.97 Å². The second-order valence-electron chi connectivity index (χ2n) is 3.19. The van der Waals surface area contributed by atoms with Crippen molar-refractivity contribution >= 4 is 23.0 Å². The third-order valence-electron chi connectivity index (χ3n) is 2.05. The number of hydrogen-bond donors (Lipinski definition) is 2. The Balaban J connectivity index is 2.23. The molecule has 2 aromatic rings. The number of hydrogen-bond acceptors (Lipinski definition) is 3. The SMILES string of the molecule is NC(=S)Nc1ccc(-c2cncnc2)cc1. The van der Waals surface area contributed by atoms with E-state index in [-0.39, 0.29) is 5.11 Å². The lowest BCUT2D eigenvalue weighted by molar-refractivity contribution is 1.17. The number of aromatic nitrogens is 2. The zero-order valence-corrected chi connectivity index (χ0v) is 9.24. The van der Waals surface area contributed by atoms with E-state index in [1.807, 2.05) is 24.3 Å². The van der Waals surface area contributed by atoms with Gasteiger partial charge in [-0.05, 0) is 29.9 Å². The minimum Gasteiger partial charge on any atom is -0.376 e. The molecule has 0 bridgehead atoms. The Morgan fingerprint density at radius 3 is 2.25 bits per heavy atom. The highest BCUT2D eigenvalue weighted by Crippen LogP contribution is 2.19. The third kappa shape index (κ3) is 2.52. The first-order valence-corrected chi connectivity index (χ1v) is 5.08. The minimum absolute atomic E-state index is 0.260. The van der Waals surface area contributed by atoms with E-state index in [2.05, 4.69) is 15.3 Å². The zero-order chi connectivity index (χ0) is 11.4. The summed E-state index contributed by atoms with van der Waals surface area (Å²) in [5, 5.41) is 3.12. The normalized spacial score (nSPS) is 9.75. The highest BCUT2D eigenvalue weighted by Gasteiger charge is 1.98. The van der Waals surface area contributed by atoms with E-state index in [4.69, 9.17) is 18.0 Å². The average Bonchev–Trinajstić information content (AvgIpc) is 2.30. The summed E-state index contributed by atoms with van der Waals surface area (Å²) in [6.07, 6.45) is 5.04. The molecule has 0 amide bonds. The number of nitrogens with one attached hydrogen (secondary N) is 1. The van der Waals surface area contributed by atoms with Crippen LogP contribution in [-0.2, 0) is 0 Å². The van der Waals surface area contributed by atoms with Crippen LogP contribution in [0.5, 0.6) is 0 Å². The fraction of sp³-hybridized carbons (Fsp3) is 0. The molecular weight excluding hydrogens is 220 g/mol. The van der Waals surface area contributed by atoms with Crippen LogP contribution in [0.1, 0.15) is 0 Å². The van der Waals surface area contributed by atoms with Crippen LogP contribution in [0.2, 0.25) is 0 Å². The molecule has 5 heteroatoms. The Morgan fingerprint density at radius 2 is 1.69 bits per heavy atom. The Labute approximate surface area is 98.5 Å². The van der Waals surface area contributed by atoms with E-state index < -0.39 is 0 Å². The quantitative estimate of drug-likeness (QED) is 0.770. The van der Waals surface area contributed by atoms with Gasteiger partial charge in [-0.2, -0.15) is 0 Å². The first kappa shape index (κ1) is 10.5. The van der Waals surface area contributed by atoms with Crippen LogP contribution in [-0.4, -0.2) is 15.1 Å². The fourth-order valence-corrected chi connectivity index (χ4v) is 1.45. The first-order chi connectivity index (χ1) is 7.75. The lowest BCUT2D eigenvalue weighted by Gasteiger charge is -2.05. The largest absolute Gasteiger partial charge is 0.376 e. The van der Waals surface area contributed by atoms with Gasteiger partial charge in [-0.1, -0.05) is 12.1 Å². The predicted octanol–water partition coefficient (Wildman–Crippen LogP) is 1.80. The van der Waals surface area contributed by atoms with Gasteiger partial charge < -0.3 is 11.1 Å². The standard InChI is InChI=1S/C11H10N4S/c12-11(16)15-10-3-1-8(2-4-10)9-5-13-7-14-6-9/h1-7H,(H3,12,15,16). The summed E-state index contributed by atoms with van der Waals surface area (Å²) in [6.45, 7) is 0. The summed E-state index contributed by atoms with van der Waals surface area (Å²) in [7, 11) is 0. The molecule has 1 aromatic carbocycles. The maximum atomic E-state index is 5.37. The van der Waals surface area contributed by atoms with Crippen LogP contribution < -0.4 is 11.1 Å². The highest BCUT2D eigenvalue weighted by atomic mass is 32.1. The Bertz CT molecular complexity index is 481. The first-order valence-electron chi connectivity index (χ1n) is 4.67. The van der Waals surface area contributed by atoms with Crippen LogP contribution in [0.25, 0.3) is 11.1 Å². The zero-order valence-electron chi connectivity index (χ0n) is 8.42. The number of thiocarbonyl (C=S) groups is 1. The van der Waals surface area contributed by atoms with Crippen molar-refractivity contribution in [3.63, 3.8) is 0 Å². The number of rotatable bonds is 2. The Hall–Kier alpha value is -2.01. The summed E-state index contributed by atoms with van der Waals surface area (Å²) >= 11 is 4.75. The van der Waals surface area contributed by atoms with Crippen LogP contribution >= 0.6 is 12.2 Å². The lowest BCUT2D eigenvalue weighted by atomic mass is 10.1. The molecule has 1 aromatic heterocycles. The monoisotopic (exact) mass is 230 g/mol. The molecule has 1 heterocycles. The fourth-order valence-electron chi connectivity index (χ4n) is 1.34. The molecule has 0 unspecified atom stereocenters. The van der Waals surface area contributed by atoms with Gasteiger partial charge in [0.15, 0.2) is 5.11 Å². The van der Waals surface area contributed by atoms with Gasteiger partial charge in [-0.15, -0.1) is 0 Å². The van der Waals surface area contributed by atoms with Crippen molar-refractivity contribution in [1.82, 2.24) is 9.97 Å². The van der Waals surface area contributed by atoms with Crippen molar-refractivity contribution in [2.24, 2.45) is 5.73 Å². The maximum absolute atomic E-state index is 5.37. The van der Waals surface area contributed by atoms with E-state index in [1.165, 1.54) is 6.33 Å². The van der Waals surface area contributed by atoms with Crippen LogP contribution in [0.4, 0.5) is 5.69 Å². The number of anilines is 1. The van der Waals surface area contributed by atoms with Gasteiger partial charge in [-0.3, -0.25) is 0 Å². The molecular formula is C11H10N4S. The van der Waals surface area contributed by atoms with Gasteiger partial charge in [0, 0.05) is 23.6 Å². The summed E-state index contributed by atoms with van der Waals surface area (Å²) in [5.41, 5.74) is 8.27. The molecule has 0 aliphatic carbocycles. The minimum atomic E-state index is 0.260. The summed E-state index contributed by atoms with van der Waals surface area (Å²) in [6, 6.07) is 7.72. The van der Waals surface area contributed by atoms with E-state index in [0.29, 0.717) is 0 Å². The molecule has 3 N–H and O–H groups in total. The van der Waals surface area contributed by atoms with Gasteiger partial charge in [0.2, 0.25) is 0 Å². The Kier molecular flexibility index (Phi) is 3.07. The maximum Gasteiger partial charge on any atom is 0.168 e. The molecule has 0 saturated heterocycles. The summed E-state index contributed by atoms with van der Waals surface area (Å²) in [4.78, 5) is 7.93. The van der Waals surface area contributed by atoms with Crippen molar-refractivity contribution in [1.29, 1.82) is 0 Å². The molecule has 4 nitrogen and oxygen atoms in total. The van der Waals surface area contributed by atoms with Crippen molar-refractivity contribution in [2.75, 3.05) is 5.32 Å². The molecule has 0 saturated carbocycles. The van der Waals surface area contributed by atoms with E-state index in [0.717, 1.165) is 16.8 Å². The second-order valence-corrected chi connectivity index (χ2v) is 3.63. The predicted molar refractivity (Wildman–Crippen MR) is 67.9 cm³/mol. The molecule has 0 spiro atoms. The van der Waals surface area contributed by atoms with Crippen LogP contribution in [0.15, 0.2) is 43.0 Å². The van der Waals surface area contributed by atoms with E-state index in [1.54, 1.807) is 12.4 Å². The third-order valence-corrected chi connectivity index (χ3v) is 2.15. The number of nitrogens with zero attached hydrogens (tertiary/aromatic N) is 2. The van der Waals surface area contributed by atoms with E-state index >= 15 is 0 Å². The van der Waals surface area contributed by atoms with Gasteiger partial charge in [0.25, 0.3) is 0 Å². The lowest BCUT2D eigenvalue weighted by Crippen LogP contribution is -2.18. The smallest absolute Gasteiger partial charge is 0.168 e. The number of benzene rings is 1. The van der Waals surface area contributed by atoms with Gasteiger partial charge in [0.05, 0.1) is 0 Å². The van der Waals surface area contributed by atoms with E-state index in [9.17, 15) is 0 Å². The molecule has 0 radical (unpaired) electrons. The molecule has 0 aliphatic rings. The Morgan fingerprint density at radius 1 is 1.06 bits per heavy atom. The van der Waals surface area contributed by atoms with Crippen molar-refractivity contribution in [2.45, 2.75) is 0 Å². The topological polar surface area (TPSA) is 63.8 Å². The molecule has 0 fully saturated rings. The van der Waals surface area contributed by atoms with Crippen molar-refractivity contribution in [3.05, 3.63) is 43.0 Å². The molecule has 16 heavy (non-hydrogen) atoms. The summed E-state index contributed by atoms with van der Waals surface area (Å²) < 4.78 is 0. The van der Waals surface area contributed by atoms with Gasteiger partial charge >= 0.3 is 0 Å². The highest BCUT2D eigenvalue weighted by molar-refractivity contribution is 7.80.